The zero-order valence-corrected chi connectivity index (χ0v) is 10.4. The van der Waals surface area contributed by atoms with Crippen molar-refractivity contribution in [1.82, 2.24) is 0 Å². The van der Waals surface area contributed by atoms with Crippen molar-refractivity contribution in [1.29, 1.82) is 0 Å². The summed E-state index contributed by atoms with van der Waals surface area (Å²) in [6, 6.07) is 3.39. The number of anilines is 1. The Labute approximate surface area is 110 Å². The normalized spacial score (nSPS) is 15.8. The average molecular weight is 294 g/mol. The first kappa shape index (κ1) is 13.3. The van der Waals surface area contributed by atoms with Gasteiger partial charge in [-0.3, -0.25) is 4.79 Å². The molecule has 1 aliphatic heterocycles. The fourth-order valence-corrected chi connectivity index (χ4v) is 2.42. The Morgan fingerprint density at radius 3 is 2.56 bits per heavy atom. The standard InChI is InChI=1S/C11H7ClF3NOS/c12-9-3-6(1-2-8(9)11(13,14)15)16-7-4-10(17)18-5-7/h1-4,16H,5H2. The molecule has 0 aromatic heterocycles. The van der Waals surface area contributed by atoms with Gasteiger partial charge in [-0.2, -0.15) is 13.2 Å². The fourth-order valence-electron chi connectivity index (χ4n) is 1.45. The first-order chi connectivity index (χ1) is 8.36. The maximum absolute atomic E-state index is 12.5. The zero-order chi connectivity index (χ0) is 13.3. The van der Waals surface area contributed by atoms with Gasteiger partial charge in [-0.25, -0.2) is 0 Å². The first-order valence-electron chi connectivity index (χ1n) is 4.87. The van der Waals surface area contributed by atoms with Crippen LogP contribution in [0.1, 0.15) is 5.56 Å². The van der Waals surface area contributed by atoms with Crippen LogP contribution in [0.25, 0.3) is 0 Å². The predicted molar refractivity (Wildman–Crippen MR) is 65.6 cm³/mol. The number of nitrogens with one attached hydrogen (secondary N) is 1. The van der Waals surface area contributed by atoms with Gasteiger partial charge in [-0.1, -0.05) is 23.4 Å². The van der Waals surface area contributed by atoms with Gasteiger partial charge in [0.15, 0.2) is 0 Å². The molecular weight excluding hydrogens is 287 g/mol. The van der Waals surface area contributed by atoms with Crippen molar-refractivity contribution in [3.05, 3.63) is 40.6 Å². The number of rotatable bonds is 2. The van der Waals surface area contributed by atoms with Crippen LogP contribution in [0.4, 0.5) is 18.9 Å². The van der Waals surface area contributed by atoms with E-state index in [1.165, 1.54) is 18.2 Å². The van der Waals surface area contributed by atoms with Gasteiger partial charge in [-0.05, 0) is 18.2 Å². The van der Waals surface area contributed by atoms with Gasteiger partial charge in [-0.15, -0.1) is 0 Å². The van der Waals surface area contributed by atoms with E-state index in [1.807, 2.05) is 0 Å². The lowest BCUT2D eigenvalue weighted by Gasteiger charge is -2.11. The fraction of sp³-hybridized carbons (Fsp3) is 0.182. The minimum atomic E-state index is -4.46. The second kappa shape index (κ2) is 4.85. The van der Waals surface area contributed by atoms with Crippen LogP contribution in [0.3, 0.4) is 0 Å². The zero-order valence-electron chi connectivity index (χ0n) is 8.84. The molecule has 0 amide bonds. The number of hydrogen-bond donors (Lipinski definition) is 1. The largest absolute Gasteiger partial charge is 0.417 e. The molecule has 0 radical (unpaired) electrons. The summed E-state index contributed by atoms with van der Waals surface area (Å²) in [4.78, 5) is 11.0. The monoisotopic (exact) mass is 293 g/mol. The molecule has 0 bridgehead atoms. The number of benzene rings is 1. The smallest absolute Gasteiger partial charge is 0.358 e. The van der Waals surface area contributed by atoms with Gasteiger partial charge in [0.2, 0.25) is 5.12 Å². The van der Waals surface area contributed by atoms with Crippen LogP contribution in [-0.4, -0.2) is 10.9 Å². The van der Waals surface area contributed by atoms with Crippen molar-refractivity contribution in [3.63, 3.8) is 0 Å². The van der Waals surface area contributed by atoms with Crippen molar-refractivity contribution in [3.8, 4) is 0 Å². The predicted octanol–water partition coefficient (Wildman–Crippen LogP) is 3.93. The third-order valence-electron chi connectivity index (χ3n) is 2.24. The quantitative estimate of drug-likeness (QED) is 0.896. The SMILES string of the molecule is O=C1C=C(Nc2ccc(C(F)(F)F)c(Cl)c2)CS1. The third-order valence-corrected chi connectivity index (χ3v) is 3.41. The molecule has 0 atom stereocenters. The maximum Gasteiger partial charge on any atom is 0.417 e. The van der Waals surface area contributed by atoms with Crippen molar-refractivity contribution >= 4 is 34.2 Å². The van der Waals surface area contributed by atoms with Gasteiger partial charge < -0.3 is 5.32 Å². The Hall–Kier alpha value is -1.14. The molecule has 2 rings (SSSR count). The number of carbonyl (C=O) groups excluding carboxylic acids is 1. The minimum Gasteiger partial charge on any atom is -0.358 e. The molecule has 1 aromatic carbocycles. The van der Waals surface area contributed by atoms with E-state index in [4.69, 9.17) is 11.6 Å². The van der Waals surface area contributed by atoms with Crippen LogP contribution in [-0.2, 0) is 11.0 Å². The van der Waals surface area contributed by atoms with E-state index in [-0.39, 0.29) is 10.1 Å². The number of carbonyl (C=O) groups is 1. The summed E-state index contributed by atoms with van der Waals surface area (Å²) in [5.41, 5.74) is 0.205. The molecule has 1 N–H and O–H groups in total. The van der Waals surface area contributed by atoms with Crippen LogP contribution in [0, 0.1) is 0 Å². The number of alkyl halides is 3. The molecule has 0 spiro atoms. The van der Waals surface area contributed by atoms with Crippen molar-refractivity contribution in [2.45, 2.75) is 6.18 Å². The molecule has 0 saturated heterocycles. The molecule has 1 aliphatic rings. The lowest BCUT2D eigenvalue weighted by Crippen LogP contribution is -2.06. The topological polar surface area (TPSA) is 29.1 Å². The average Bonchev–Trinajstić information content (AvgIpc) is 2.62. The van der Waals surface area contributed by atoms with E-state index in [2.05, 4.69) is 5.32 Å². The van der Waals surface area contributed by atoms with E-state index < -0.39 is 11.7 Å². The van der Waals surface area contributed by atoms with Crippen molar-refractivity contribution in [2.75, 3.05) is 11.1 Å². The molecular formula is C11H7ClF3NOS. The highest BCUT2D eigenvalue weighted by Crippen LogP contribution is 2.36. The maximum atomic E-state index is 12.5. The van der Waals surface area contributed by atoms with Crippen molar-refractivity contribution in [2.24, 2.45) is 0 Å². The first-order valence-corrected chi connectivity index (χ1v) is 6.24. The second-order valence-electron chi connectivity index (χ2n) is 3.59. The highest BCUT2D eigenvalue weighted by molar-refractivity contribution is 8.14. The molecule has 0 fully saturated rings. The van der Waals surface area contributed by atoms with Gasteiger partial charge >= 0.3 is 6.18 Å². The third kappa shape index (κ3) is 3.00. The summed E-state index contributed by atoms with van der Waals surface area (Å²) in [5.74, 6) is 0.484. The Balaban J connectivity index is 2.19. The molecule has 0 unspecified atom stereocenters. The summed E-state index contributed by atoms with van der Waals surface area (Å²) in [6.07, 6.45) is -3.05. The van der Waals surface area contributed by atoms with Crippen LogP contribution < -0.4 is 5.32 Å². The molecule has 7 heteroatoms. The highest BCUT2D eigenvalue weighted by atomic mass is 35.5. The van der Waals surface area contributed by atoms with E-state index >= 15 is 0 Å². The van der Waals surface area contributed by atoms with Crippen LogP contribution >= 0.6 is 23.4 Å². The number of hydrogen-bond acceptors (Lipinski definition) is 3. The lowest BCUT2D eigenvalue weighted by molar-refractivity contribution is -0.137. The van der Waals surface area contributed by atoms with E-state index in [1.54, 1.807) is 0 Å². The van der Waals surface area contributed by atoms with Crippen LogP contribution in [0.5, 0.6) is 0 Å². The van der Waals surface area contributed by atoms with E-state index in [9.17, 15) is 18.0 Å². The molecule has 1 heterocycles. The van der Waals surface area contributed by atoms with Gasteiger partial charge in [0, 0.05) is 23.2 Å². The van der Waals surface area contributed by atoms with E-state index in [0.717, 1.165) is 17.8 Å². The Morgan fingerprint density at radius 1 is 1.33 bits per heavy atom. The minimum absolute atomic E-state index is 0.0736. The lowest BCUT2D eigenvalue weighted by atomic mass is 10.2. The van der Waals surface area contributed by atoms with Gasteiger partial charge in [0.25, 0.3) is 0 Å². The second-order valence-corrected chi connectivity index (χ2v) is 4.98. The summed E-state index contributed by atoms with van der Waals surface area (Å²) in [6.45, 7) is 0. The summed E-state index contributed by atoms with van der Waals surface area (Å²) >= 11 is 6.71. The summed E-state index contributed by atoms with van der Waals surface area (Å²) in [7, 11) is 0. The van der Waals surface area contributed by atoms with Crippen molar-refractivity contribution < 1.29 is 18.0 Å². The summed E-state index contributed by atoms with van der Waals surface area (Å²) < 4.78 is 37.4. The van der Waals surface area contributed by atoms with Gasteiger partial charge in [0.05, 0.1) is 10.6 Å². The Kier molecular flexibility index (Phi) is 3.59. The summed E-state index contributed by atoms with van der Waals surface area (Å²) in [5, 5.41) is 2.41. The molecule has 2 nitrogen and oxygen atoms in total. The van der Waals surface area contributed by atoms with Crippen LogP contribution in [0.15, 0.2) is 30.0 Å². The molecule has 18 heavy (non-hydrogen) atoms. The van der Waals surface area contributed by atoms with E-state index in [0.29, 0.717) is 17.1 Å². The Morgan fingerprint density at radius 2 is 2.06 bits per heavy atom. The molecule has 96 valence electrons. The number of thioether (sulfide) groups is 1. The van der Waals surface area contributed by atoms with Gasteiger partial charge in [0.1, 0.15) is 0 Å². The number of halogens is 4. The molecule has 0 saturated carbocycles. The molecule has 1 aromatic rings. The Bertz CT molecular complexity index is 528. The highest BCUT2D eigenvalue weighted by Gasteiger charge is 2.33. The van der Waals surface area contributed by atoms with Crippen LogP contribution in [0.2, 0.25) is 5.02 Å². The molecule has 0 aliphatic carbocycles.